The highest BCUT2D eigenvalue weighted by Gasteiger charge is 2.19. The lowest BCUT2D eigenvalue weighted by Crippen LogP contribution is -2.48. The first-order valence-corrected chi connectivity index (χ1v) is 9.44. The number of hydrogen-bond donors (Lipinski definition) is 1. The summed E-state index contributed by atoms with van der Waals surface area (Å²) in [6, 6.07) is 15.3. The first-order chi connectivity index (χ1) is 12.5. The Labute approximate surface area is 162 Å². The number of nitrogens with one attached hydrogen (secondary N) is 1. The van der Waals surface area contributed by atoms with Crippen molar-refractivity contribution in [2.75, 3.05) is 42.9 Å². The average molecular weight is 416 g/mol. The molecule has 1 amide bonds. The van der Waals surface area contributed by atoms with Crippen LogP contribution in [0.1, 0.15) is 17.3 Å². The van der Waals surface area contributed by atoms with E-state index in [1.807, 2.05) is 48.5 Å². The second-order valence-corrected chi connectivity index (χ2v) is 7.34. The molecule has 1 aliphatic rings. The second-order valence-electron chi connectivity index (χ2n) is 6.42. The number of ketones is 1. The lowest BCUT2D eigenvalue weighted by Gasteiger charge is -2.35. The van der Waals surface area contributed by atoms with E-state index in [4.69, 9.17) is 0 Å². The number of rotatable bonds is 5. The number of hydrogen-bond acceptors (Lipinski definition) is 4. The van der Waals surface area contributed by atoms with Crippen LogP contribution in [-0.4, -0.2) is 49.3 Å². The zero-order valence-electron chi connectivity index (χ0n) is 14.7. The van der Waals surface area contributed by atoms with Gasteiger partial charge in [-0.05, 0) is 55.5 Å². The first-order valence-electron chi connectivity index (χ1n) is 8.65. The molecule has 1 aliphatic heterocycles. The van der Waals surface area contributed by atoms with E-state index in [1.54, 1.807) is 6.92 Å². The van der Waals surface area contributed by atoms with E-state index in [0.29, 0.717) is 6.54 Å². The number of nitrogens with zero attached hydrogens (tertiary/aromatic N) is 2. The van der Waals surface area contributed by atoms with Gasteiger partial charge in [-0.3, -0.25) is 14.5 Å². The molecule has 136 valence electrons. The summed E-state index contributed by atoms with van der Waals surface area (Å²) in [7, 11) is 0. The Kier molecular flexibility index (Phi) is 6.06. The molecule has 1 N–H and O–H groups in total. The van der Waals surface area contributed by atoms with E-state index in [9.17, 15) is 9.59 Å². The van der Waals surface area contributed by atoms with E-state index in [1.165, 1.54) is 0 Å². The standard InChI is InChI=1S/C20H22BrN3O2/c1-15(25)16-2-8-19(9-3-16)24-12-10-23(11-13-24)14-20(26)22-18-6-4-17(21)5-7-18/h2-9H,10-14H2,1H3,(H,22,26). The SMILES string of the molecule is CC(=O)c1ccc(N2CCN(CC(=O)Nc3ccc(Br)cc3)CC2)cc1. The van der Waals surface area contributed by atoms with Gasteiger partial charge >= 0.3 is 0 Å². The van der Waals surface area contributed by atoms with Gasteiger partial charge in [0.1, 0.15) is 0 Å². The maximum atomic E-state index is 12.2. The molecule has 1 heterocycles. The van der Waals surface area contributed by atoms with E-state index in [2.05, 4.69) is 31.0 Å². The van der Waals surface area contributed by atoms with Gasteiger partial charge < -0.3 is 10.2 Å². The molecule has 0 bridgehead atoms. The Morgan fingerprint density at radius 1 is 0.962 bits per heavy atom. The molecule has 6 heteroatoms. The number of carbonyl (C=O) groups excluding carboxylic acids is 2. The Bertz CT molecular complexity index is 767. The van der Waals surface area contributed by atoms with Crippen LogP contribution in [0.3, 0.4) is 0 Å². The van der Waals surface area contributed by atoms with Gasteiger partial charge in [-0.25, -0.2) is 0 Å². The van der Waals surface area contributed by atoms with E-state index >= 15 is 0 Å². The van der Waals surface area contributed by atoms with E-state index < -0.39 is 0 Å². The third-order valence-corrected chi connectivity index (χ3v) is 5.04. The first kappa shape index (κ1) is 18.6. The van der Waals surface area contributed by atoms with Crippen molar-refractivity contribution >= 4 is 39.0 Å². The summed E-state index contributed by atoms with van der Waals surface area (Å²) in [6.07, 6.45) is 0. The fourth-order valence-electron chi connectivity index (χ4n) is 3.01. The molecule has 0 spiro atoms. The smallest absolute Gasteiger partial charge is 0.238 e. The van der Waals surface area contributed by atoms with Crippen molar-refractivity contribution in [1.82, 2.24) is 4.90 Å². The van der Waals surface area contributed by atoms with Crippen LogP contribution in [0.2, 0.25) is 0 Å². The predicted molar refractivity (Wildman–Crippen MR) is 108 cm³/mol. The lowest BCUT2D eigenvalue weighted by molar-refractivity contribution is -0.117. The van der Waals surface area contributed by atoms with Crippen molar-refractivity contribution in [2.24, 2.45) is 0 Å². The fourth-order valence-corrected chi connectivity index (χ4v) is 3.27. The van der Waals surface area contributed by atoms with Gasteiger partial charge in [0.05, 0.1) is 6.54 Å². The maximum Gasteiger partial charge on any atom is 0.238 e. The molecule has 2 aromatic carbocycles. The van der Waals surface area contributed by atoms with Crippen molar-refractivity contribution < 1.29 is 9.59 Å². The van der Waals surface area contributed by atoms with Gasteiger partial charge in [0.15, 0.2) is 5.78 Å². The molecular weight excluding hydrogens is 394 g/mol. The summed E-state index contributed by atoms with van der Waals surface area (Å²) in [5.41, 5.74) is 2.66. The van der Waals surface area contributed by atoms with Crippen molar-refractivity contribution in [1.29, 1.82) is 0 Å². The molecule has 0 aliphatic carbocycles. The summed E-state index contributed by atoms with van der Waals surface area (Å²) in [5.74, 6) is 0.0877. The van der Waals surface area contributed by atoms with Gasteiger partial charge in [0, 0.05) is 47.6 Å². The Morgan fingerprint density at radius 3 is 2.15 bits per heavy atom. The van der Waals surface area contributed by atoms with Crippen molar-refractivity contribution in [2.45, 2.75) is 6.92 Å². The van der Waals surface area contributed by atoms with Crippen LogP contribution in [0.5, 0.6) is 0 Å². The molecule has 3 rings (SSSR count). The molecule has 2 aromatic rings. The van der Waals surface area contributed by atoms with Crippen LogP contribution in [0.4, 0.5) is 11.4 Å². The Morgan fingerprint density at radius 2 is 1.58 bits per heavy atom. The number of amides is 1. The minimum Gasteiger partial charge on any atom is -0.369 e. The Hall–Kier alpha value is -2.18. The highest BCUT2D eigenvalue weighted by molar-refractivity contribution is 9.10. The second kappa shape index (κ2) is 8.47. The number of benzene rings is 2. The van der Waals surface area contributed by atoms with Gasteiger partial charge in [-0.15, -0.1) is 0 Å². The lowest BCUT2D eigenvalue weighted by atomic mass is 10.1. The van der Waals surface area contributed by atoms with E-state index in [-0.39, 0.29) is 11.7 Å². The van der Waals surface area contributed by atoms with Crippen molar-refractivity contribution in [3.63, 3.8) is 0 Å². The summed E-state index contributed by atoms with van der Waals surface area (Å²) < 4.78 is 0.989. The summed E-state index contributed by atoms with van der Waals surface area (Å²) in [5, 5.41) is 2.93. The number of piperazine rings is 1. The van der Waals surface area contributed by atoms with Gasteiger partial charge in [-0.1, -0.05) is 15.9 Å². The number of halogens is 1. The molecule has 0 saturated carbocycles. The van der Waals surface area contributed by atoms with Crippen molar-refractivity contribution in [3.05, 3.63) is 58.6 Å². The highest BCUT2D eigenvalue weighted by Crippen LogP contribution is 2.18. The van der Waals surface area contributed by atoms with Gasteiger partial charge in [0.25, 0.3) is 0 Å². The molecule has 1 saturated heterocycles. The zero-order chi connectivity index (χ0) is 18.5. The number of anilines is 2. The molecule has 0 atom stereocenters. The summed E-state index contributed by atoms with van der Waals surface area (Å²) >= 11 is 3.38. The highest BCUT2D eigenvalue weighted by atomic mass is 79.9. The van der Waals surface area contributed by atoms with Gasteiger partial charge in [0.2, 0.25) is 5.91 Å². The van der Waals surface area contributed by atoms with Crippen LogP contribution in [-0.2, 0) is 4.79 Å². The molecule has 5 nitrogen and oxygen atoms in total. The van der Waals surface area contributed by atoms with Crippen LogP contribution >= 0.6 is 15.9 Å². The van der Waals surface area contributed by atoms with E-state index in [0.717, 1.165) is 47.6 Å². The van der Waals surface area contributed by atoms with Gasteiger partial charge in [-0.2, -0.15) is 0 Å². The summed E-state index contributed by atoms with van der Waals surface area (Å²) in [4.78, 5) is 28.0. The largest absolute Gasteiger partial charge is 0.369 e. The molecule has 0 radical (unpaired) electrons. The zero-order valence-corrected chi connectivity index (χ0v) is 16.3. The molecule has 1 fully saturated rings. The Balaban J connectivity index is 1.48. The average Bonchev–Trinajstić information content (AvgIpc) is 2.64. The third kappa shape index (κ3) is 4.93. The fraction of sp³-hybridized carbons (Fsp3) is 0.300. The normalized spacial score (nSPS) is 14.9. The molecule has 0 unspecified atom stereocenters. The third-order valence-electron chi connectivity index (χ3n) is 4.51. The minimum absolute atomic E-state index is 0.00610. The monoisotopic (exact) mass is 415 g/mol. The van der Waals surface area contributed by atoms with Crippen LogP contribution in [0.25, 0.3) is 0 Å². The van der Waals surface area contributed by atoms with Crippen LogP contribution in [0, 0.1) is 0 Å². The van der Waals surface area contributed by atoms with Crippen LogP contribution < -0.4 is 10.2 Å². The molecular formula is C20H22BrN3O2. The van der Waals surface area contributed by atoms with Crippen molar-refractivity contribution in [3.8, 4) is 0 Å². The number of Topliss-reactive ketones (excluding diaryl/α,β-unsaturated/α-hetero) is 1. The summed E-state index contributed by atoms with van der Waals surface area (Å²) in [6.45, 7) is 5.38. The predicted octanol–water partition coefficient (Wildman–Crippen LogP) is 3.41. The number of carbonyl (C=O) groups is 2. The maximum absolute atomic E-state index is 12.2. The minimum atomic E-state index is 0.00610. The quantitative estimate of drug-likeness (QED) is 0.760. The topological polar surface area (TPSA) is 52.7 Å². The van der Waals surface area contributed by atoms with Crippen LogP contribution in [0.15, 0.2) is 53.0 Å². The molecule has 0 aromatic heterocycles. The molecule has 26 heavy (non-hydrogen) atoms.